The maximum atomic E-state index is 12.2. The summed E-state index contributed by atoms with van der Waals surface area (Å²) in [6.45, 7) is 11.4. The molecule has 1 aliphatic heterocycles. The van der Waals surface area contributed by atoms with Gasteiger partial charge in [-0.1, -0.05) is 24.3 Å². The molecule has 0 aliphatic carbocycles. The van der Waals surface area contributed by atoms with Gasteiger partial charge in [0, 0.05) is 23.7 Å². The monoisotopic (exact) mass is 303 g/mol. The fraction of sp³-hybridized carbons (Fsp3) is 0.611. The van der Waals surface area contributed by atoms with E-state index in [2.05, 4.69) is 56.6 Å². The summed E-state index contributed by atoms with van der Waals surface area (Å²) in [7, 11) is 0. The minimum Gasteiger partial charge on any atom is -0.335 e. The van der Waals surface area contributed by atoms with Crippen LogP contribution in [0, 0.1) is 6.92 Å². The van der Waals surface area contributed by atoms with Crippen molar-refractivity contribution in [2.75, 3.05) is 0 Å². The number of hydrogen-bond donors (Lipinski definition) is 3. The van der Waals surface area contributed by atoms with Gasteiger partial charge in [-0.2, -0.15) is 0 Å². The second-order valence-electron chi connectivity index (χ2n) is 7.75. The molecule has 1 aliphatic rings. The third-order valence-corrected chi connectivity index (χ3v) is 4.23. The molecule has 3 N–H and O–H groups in total. The molecule has 4 nitrogen and oxygen atoms in total. The van der Waals surface area contributed by atoms with Gasteiger partial charge in [0.25, 0.3) is 0 Å². The summed E-state index contributed by atoms with van der Waals surface area (Å²) in [5.41, 5.74) is 2.43. The van der Waals surface area contributed by atoms with Gasteiger partial charge in [0.15, 0.2) is 0 Å². The summed E-state index contributed by atoms with van der Waals surface area (Å²) in [5, 5.41) is 9.73. The average Bonchev–Trinajstić information content (AvgIpc) is 2.33. The van der Waals surface area contributed by atoms with Crippen LogP contribution in [0.4, 0.5) is 4.79 Å². The van der Waals surface area contributed by atoms with Gasteiger partial charge >= 0.3 is 6.03 Å². The number of rotatable bonds is 3. The number of amides is 2. The summed E-state index contributed by atoms with van der Waals surface area (Å²) < 4.78 is 0. The molecule has 0 saturated carbocycles. The Hall–Kier alpha value is -1.55. The van der Waals surface area contributed by atoms with Crippen molar-refractivity contribution >= 4 is 6.03 Å². The van der Waals surface area contributed by atoms with Crippen molar-refractivity contribution in [3.63, 3.8) is 0 Å². The van der Waals surface area contributed by atoms with Crippen LogP contribution in [0.3, 0.4) is 0 Å². The first-order chi connectivity index (χ1) is 10.2. The lowest BCUT2D eigenvalue weighted by molar-refractivity contribution is 0.147. The molecular formula is C18H29N3O. The van der Waals surface area contributed by atoms with Gasteiger partial charge in [0.2, 0.25) is 0 Å². The lowest BCUT2D eigenvalue weighted by atomic mass is 9.80. The van der Waals surface area contributed by atoms with Crippen LogP contribution in [0.15, 0.2) is 24.3 Å². The highest BCUT2D eigenvalue weighted by molar-refractivity contribution is 5.74. The lowest BCUT2D eigenvalue weighted by Gasteiger charge is -2.46. The summed E-state index contributed by atoms with van der Waals surface area (Å²) in [6.07, 6.45) is 1.88. The number of urea groups is 1. The van der Waals surface area contributed by atoms with Crippen LogP contribution >= 0.6 is 0 Å². The molecule has 1 fully saturated rings. The molecule has 2 amide bonds. The quantitative estimate of drug-likeness (QED) is 0.803. The predicted octanol–water partition coefficient (Wildman–Crippen LogP) is 3.10. The number of hydrogen-bond acceptors (Lipinski definition) is 2. The van der Waals surface area contributed by atoms with E-state index in [4.69, 9.17) is 0 Å². The Morgan fingerprint density at radius 1 is 1.18 bits per heavy atom. The zero-order valence-electron chi connectivity index (χ0n) is 14.4. The Kier molecular flexibility index (Phi) is 4.81. The SMILES string of the molecule is Cc1ccccc1CNC(=O)NC1CC(C)(C)NC(C)(C)C1. The van der Waals surface area contributed by atoms with Crippen LogP contribution in [-0.2, 0) is 6.54 Å². The van der Waals surface area contributed by atoms with Crippen LogP contribution in [-0.4, -0.2) is 23.2 Å². The third kappa shape index (κ3) is 4.73. The molecular weight excluding hydrogens is 274 g/mol. The number of carbonyl (C=O) groups excluding carboxylic acids is 1. The fourth-order valence-corrected chi connectivity index (χ4v) is 3.64. The Morgan fingerprint density at radius 2 is 1.77 bits per heavy atom. The second-order valence-corrected chi connectivity index (χ2v) is 7.75. The molecule has 1 saturated heterocycles. The van der Waals surface area contributed by atoms with E-state index in [0.717, 1.165) is 18.4 Å². The van der Waals surface area contributed by atoms with Crippen molar-refractivity contribution in [2.45, 2.75) is 71.1 Å². The summed E-state index contributed by atoms with van der Waals surface area (Å²) in [4.78, 5) is 12.2. The highest BCUT2D eigenvalue weighted by atomic mass is 16.2. The van der Waals surface area contributed by atoms with E-state index >= 15 is 0 Å². The van der Waals surface area contributed by atoms with E-state index in [9.17, 15) is 4.79 Å². The molecule has 1 aromatic carbocycles. The average molecular weight is 303 g/mol. The topological polar surface area (TPSA) is 53.2 Å². The minimum absolute atomic E-state index is 0.0374. The number of benzene rings is 1. The first-order valence-electron chi connectivity index (χ1n) is 8.05. The van der Waals surface area contributed by atoms with Gasteiger partial charge in [0.05, 0.1) is 0 Å². The Bertz CT molecular complexity index is 521. The molecule has 0 spiro atoms. The highest BCUT2D eigenvalue weighted by Gasteiger charge is 2.38. The smallest absolute Gasteiger partial charge is 0.315 e. The number of nitrogens with one attached hydrogen (secondary N) is 3. The van der Waals surface area contributed by atoms with E-state index < -0.39 is 0 Å². The van der Waals surface area contributed by atoms with Crippen molar-refractivity contribution in [3.8, 4) is 0 Å². The van der Waals surface area contributed by atoms with Crippen LogP contribution in [0.1, 0.15) is 51.7 Å². The van der Waals surface area contributed by atoms with E-state index in [1.54, 1.807) is 0 Å². The van der Waals surface area contributed by atoms with Crippen molar-refractivity contribution < 1.29 is 4.79 Å². The lowest BCUT2D eigenvalue weighted by Crippen LogP contribution is -2.62. The van der Waals surface area contributed by atoms with E-state index in [0.29, 0.717) is 6.54 Å². The Morgan fingerprint density at radius 3 is 2.36 bits per heavy atom. The molecule has 0 atom stereocenters. The van der Waals surface area contributed by atoms with Gasteiger partial charge < -0.3 is 16.0 Å². The van der Waals surface area contributed by atoms with Gasteiger partial charge in [0.1, 0.15) is 0 Å². The molecule has 0 unspecified atom stereocenters. The standard InChI is InChI=1S/C18H29N3O/c1-13-8-6-7-9-14(13)12-19-16(22)20-15-10-17(2,3)21-18(4,5)11-15/h6-9,15,21H,10-12H2,1-5H3,(H2,19,20,22). The summed E-state index contributed by atoms with van der Waals surface area (Å²) >= 11 is 0. The normalized spacial score (nSPS) is 20.4. The Labute approximate surface area is 134 Å². The van der Waals surface area contributed by atoms with Crippen LogP contribution in [0.5, 0.6) is 0 Å². The molecule has 122 valence electrons. The molecule has 1 heterocycles. The molecule has 22 heavy (non-hydrogen) atoms. The molecule has 4 heteroatoms. The minimum atomic E-state index is -0.0817. The van der Waals surface area contributed by atoms with Gasteiger partial charge in [-0.3, -0.25) is 0 Å². The van der Waals surface area contributed by atoms with Gasteiger partial charge in [-0.05, 0) is 58.6 Å². The van der Waals surface area contributed by atoms with Crippen LogP contribution in [0.2, 0.25) is 0 Å². The van der Waals surface area contributed by atoms with Crippen molar-refractivity contribution in [1.82, 2.24) is 16.0 Å². The summed E-state index contributed by atoms with van der Waals surface area (Å²) in [6, 6.07) is 8.24. The van der Waals surface area contributed by atoms with Crippen molar-refractivity contribution in [1.29, 1.82) is 0 Å². The molecule has 0 radical (unpaired) electrons. The first kappa shape index (κ1) is 16.8. The van der Waals surface area contributed by atoms with Gasteiger partial charge in [-0.25, -0.2) is 4.79 Å². The number of carbonyl (C=O) groups is 1. The maximum Gasteiger partial charge on any atom is 0.315 e. The second kappa shape index (κ2) is 6.29. The zero-order chi connectivity index (χ0) is 16.4. The number of piperidine rings is 1. The molecule has 0 bridgehead atoms. The number of aryl methyl sites for hydroxylation is 1. The fourth-order valence-electron chi connectivity index (χ4n) is 3.64. The Balaban J connectivity index is 1.88. The summed E-state index contributed by atoms with van der Waals surface area (Å²) in [5.74, 6) is 0. The van der Waals surface area contributed by atoms with Crippen LogP contribution < -0.4 is 16.0 Å². The zero-order valence-corrected chi connectivity index (χ0v) is 14.4. The largest absolute Gasteiger partial charge is 0.335 e. The van der Waals surface area contributed by atoms with E-state index in [-0.39, 0.29) is 23.2 Å². The van der Waals surface area contributed by atoms with Crippen molar-refractivity contribution in [3.05, 3.63) is 35.4 Å². The maximum absolute atomic E-state index is 12.2. The first-order valence-corrected chi connectivity index (χ1v) is 8.05. The molecule has 1 aromatic rings. The predicted molar refractivity (Wildman–Crippen MR) is 90.9 cm³/mol. The van der Waals surface area contributed by atoms with E-state index in [1.165, 1.54) is 5.56 Å². The van der Waals surface area contributed by atoms with E-state index in [1.807, 2.05) is 18.2 Å². The third-order valence-electron chi connectivity index (χ3n) is 4.23. The van der Waals surface area contributed by atoms with Gasteiger partial charge in [-0.15, -0.1) is 0 Å². The van der Waals surface area contributed by atoms with Crippen LogP contribution in [0.25, 0.3) is 0 Å². The molecule has 2 rings (SSSR count). The molecule has 0 aromatic heterocycles. The van der Waals surface area contributed by atoms with Crippen molar-refractivity contribution in [2.24, 2.45) is 0 Å². The highest BCUT2D eigenvalue weighted by Crippen LogP contribution is 2.28.